The van der Waals surface area contributed by atoms with Gasteiger partial charge < -0.3 is 9.47 Å². The van der Waals surface area contributed by atoms with Gasteiger partial charge in [-0.3, -0.25) is 0 Å². The number of hydrogen-bond acceptors (Lipinski definition) is 4. The molecule has 86 valence electrons. The molecule has 0 bridgehead atoms. The summed E-state index contributed by atoms with van der Waals surface area (Å²) in [6, 6.07) is 2.75. The highest BCUT2D eigenvalue weighted by atomic mass is 79.9. The Hall–Kier alpha value is -1.01. The van der Waals surface area contributed by atoms with Gasteiger partial charge in [0.25, 0.3) is 0 Å². The lowest BCUT2D eigenvalue weighted by molar-refractivity contribution is -0.129. The van der Waals surface area contributed by atoms with E-state index >= 15 is 0 Å². The van der Waals surface area contributed by atoms with Crippen molar-refractivity contribution in [3.8, 4) is 11.5 Å². The van der Waals surface area contributed by atoms with Gasteiger partial charge >= 0.3 is 5.97 Å². The van der Waals surface area contributed by atoms with Crippen LogP contribution in [0.3, 0.4) is 0 Å². The highest BCUT2D eigenvalue weighted by molar-refractivity contribution is 9.10. The zero-order valence-corrected chi connectivity index (χ0v) is 10.8. The molecule has 16 heavy (non-hydrogen) atoms. The van der Waals surface area contributed by atoms with Crippen LogP contribution < -0.4 is 9.47 Å². The second-order valence-corrected chi connectivity index (χ2v) is 4.06. The Bertz CT molecular complexity index is 448. The van der Waals surface area contributed by atoms with E-state index in [-0.39, 0.29) is 15.1 Å². The summed E-state index contributed by atoms with van der Waals surface area (Å²) in [6.45, 7) is 3.27. The zero-order chi connectivity index (χ0) is 12.3. The van der Waals surface area contributed by atoms with Crippen LogP contribution in [0.5, 0.6) is 11.5 Å². The zero-order valence-electron chi connectivity index (χ0n) is 8.29. The van der Waals surface area contributed by atoms with Gasteiger partial charge in [-0.25, -0.2) is 9.18 Å². The first-order chi connectivity index (χ1) is 7.47. The van der Waals surface area contributed by atoms with Crippen LogP contribution in [-0.2, 0) is 4.79 Å². The third-order valence-corrected chi connectivity index (χ3v) is 2.59. The topological polar surface area (TPSA) is 35.5 Å². The lowest BCUT2D eigenvalue weighted by Crippen LogP contribution is -2.08. The maximum Gasteiger partial charge on any atom is 0.349 e. The molecule has 0 unspecified atom stereocenters. The van der Waals surface area contributed by atoms with E-state index in [1.54, 1.807) is 0 Å². The molecule has 1 rings (SSSR count). The van der Waals surface area contributed by atoms with Crippen LogP contribution in [0, 0.1) is 5.82 Å². The summed E-state index contributed by atoms with van der Waals surface area (Å²) in [4.78, 5) is 11.0. The molecule has 0 atom stereocenters. The van der Waals surface area contributed by atoms with E-state index in [1.807, 2.05) is 0 Å². The molecule has 1 aromatic carbocycles. The van der Waals surface area contributed by atoms with Crippen molar-refractivity contribution in [2.45, 2.75) is 0 Å². The minimum absolute atomic E-state index is 0.0880. The molecule has 0 aromatic heterocycles. The van der Waals surface area contributed by atoms with E-state index in [9.17, 15) is 9.18 Å². The maximum atomic E-state index is 13.6. The average Bonchev–Trinajstić information content (AvgIpc) is 2.25. The van der Waals surface area contributed by atoms with Crippen LogP contribution >= 0.6 is 28.6 Å². The minimum Gasteiger partial charge on any atom is -0.495 e. The first kappa shape index (κ1) is 13.1. The third kappa shape index (κ3) is 2.76. The van der Waals surface area contributed by atoms with Crippen LogP contribution in [0.15, 0.2) is 28.1 Å². The molecule has 0 aliphatic rings. The number of methoxy groups -OCH3 is 1. The van der Waals surface area contributed by atoms with Crippen molar-refractivity contribution in [2.75, 3.05) is 7.11 Å². The second-order valence-electron chi connectivity index (χ2n) is 2.73. The Labute approximate surface area is 106 Å². The maximum absolute atomic E-state index is 13.6. The number of carbonyl (C=O) groups excluding carboxylic acids is 1. The lowest BCUT2D eigenvalue weighted by atomic mass is 10.3. The standard InChI is InChI=1S/C10H8BrFO3S/c1-5(16)10(13)15-7-4-3-6(14-2)8(11)9(7)12/h3-4,16H,1H2,2H3. The van der Waals surface area contributed by atoms with Gasteiger partial charge in [-0.15, -0.1) is 12.6 Å². The quantitative estimate of drug-likeness (QED) is 0.404. The van der Waals surface area contributed by atoms with Crippen molar-refractivity contribution in [3.05, 3.63) is 33.9 Å². The summed E-state index contributed by atoms with van der Waals surface area (Å²) >= 11 is 6.68. The molecule has 0 aliphatic heterocycles. The first-order valence-corrected chi connectivity index (χ1v) is 5.33. The van der Waals surface area contributed by atoms with Crippen LogP contribution in [0.25, 0.3) is 0 Å². The minimum atomic E-state index is -0.806. The van der Waals surface area contributed by atoms with E-state index in [0.29, 0.717) is 5.75 Å². The van der Waals surface area contributed by atoms with E-state index < -0.39 is 11.8 Å². The molecule has 0 heterocycles. The lowest BCUT2D eigenvalue weighted by Gasteiger charge is -2.08. The summed E-state index contributed by atoms with van der Waals surface area (Å²) in [6.07, 6.45) is 0. The molecule has 0 radical (unpaired) electrons. The van der Waals surface area contributed by atoms with Gasteiger partial charge in [0, 0.05) is 0 Å². The Kier molecular flexibility index (Phi) is 4.37. The van der Waals surface area contributed by atoms with Gasteiger partial charge in [-0.2, -0.15) is 0 Å². The fraction of sp³-hybridized carbons (Fsp3) is 0.100. The number of thiol groups is 1. The molecule has 1 aromatic rings. The second kappa shape index (κ2) is 5.36. The summed E-state index contributed by atoms with van der Waals surface area (Å²) in [5.41, 5.74) is 0. The van der Waals surface area contributed by atoms with Crippen LogP contribution in [0.2, 0.25) is 0 Å². The van der Waals surface area contributed by atoms with Gasteiger partial charge in [0.2, 0.25) is 0 Å². The average molecular weight is 307 g/mol. The van der Waals surface area contributed by atoms with Gasteiger partial charge in [-0.1, -0.05) is 6.58 Å². The van der Waals surface area contributed by atoms with Crippen molar-refractivity contribution in [3.63, 3.8) is 0 Å². The number of hydrogen-bond donors (Lipinski definition) is 1. The van der Waals surface area contributed by atoms with Crippen LogP contribution in [0.4, 0.5) is 4.39 Å². The molecule has 0 aliphatic carbocycles. The number of rotatable bonds is 3. The Morgan fingerprint density at radius 1 is 1.50 bits per heavy atom. The fourth-order valence-corrected chi connectivity index (χ4v) is 1.44. The van der Waals surface area contributed by atoms with Crippen molar-refractivity contribution < 1.29 is 18.7 Å². The monoisotopic (exact) mass is 306 g/mol. The molecule has 0 saturated carbocycles. The smallest absolute Gasteiger partial charge is 0.349 e. The first-order valence-electron chi connectivity index (χ1n) is 4.09. The Morgan fingerprint density at radius 2 is 2.06 bits per heavy atom. The predicted molar refractivity (Wildman–Crippen MR) is 64.4 cm³/mol. The van der Waals surface area contributed by atoms with Crippen LogP contribution in [-0.4, -0.2) is 13.1 Å². The van der Waals surface area contributed by atoms with E-state index in [0.717, 1.165) is 0 Å². The van der Waals surface area contributed by atoms with E-state index in [4.69, 9.17) is 9.47 Å². The third-order valence-electron chi connectivity index (χ3n) is 1.67. The van der Waals surface area contributed by atoms with Gasteiger partial charge in [-0.05, 0) is 28.1 Å². The number of esters is 1. The molecule has 0 fully saturated rings. The van der Waals surface area contributed by atoms with Gasteiger partial charge in [0.1, 0.15) is 5.75 Å². The molecular weight excluding hydrogens is 299 g/mol. The summed E-state index contributed by atoms with van der Waals surface area (Å²) in [5, 5.41) is 0. The van der Waals surface area contributed by atoms with Crippen molar-refractivity contribution in [1.82, 2.24) is 0 Å². The Morgan fingerprint density at radius 3 is 2.56 bits per heavy atom. The summed E-state index contributed by atoms with van der Waals surface area (Å²) in [5.74, 6) is -1.43. The van der Waals surface area contributed by atoms with E-state index in [1.165, 1.54) is 19.2 Å². The SMILES string of the molecule is C=C(S)C(=O)Oc1ccc(OC)c(Br)c1F. The molecule has 0 saturated heterocycles. The molecule has 0 N–H and O–H groups in total. The summed E-state index contributed by atoms with van der Waals surface area (Å²) in [7, 11) is 1.40. The Balaban J connectivity index is 3.04. The normalized spacial score (nSPS) is 9.75. The van der Waals surface area contributed by atoms with Crippen LogP contribution in [0.1, 0.15) is 0 Å². The number of halogens is 2. The molecule has 6 heteroatoms. The number of ether oxygens (including phenoxy) is 2. The van der Waals surface area contributed by atoms with Crippen molar-refractivity contribution >= 4 is 34.5 Å². The highest BCUT2D eigenvalue weighted by Gasteiger charge is 2.16. The number of carbonyl (C=O) groups is 1. The molecule has 3 nitrogen and oxygen atoms in total. The van der Waals surface area contributed by atoms with Crippen molar-refractivity contribution in [2.24, 2.45) is 0 Å². The summed E-state index contributed by atoms with van der Waals surface area (Å²) < 4.78 is 23.3. The molecular formula is C10H8BrFO3S. The molecule has 0 spiro atoms. The van der Waals surface area contributed by atoms with E-state index in [2.05, 4.69) is 35.1 Å². The van der Waals surface area contributed by atoms with Gasteiger partial charge in [0.05, 0.1) is 16.5 Å². The van der Waals surface area contributed by atoms with Crippen molar-refractivity contribution in [1.29, 1.82) is 0 Å². The highest BCUT2D eigenvalue weighted by Crippen LogP contribution is 2.33. The predicted octanol–water partition coefficient (Wildman–Crippen LogP) is 2.95. The molecule has 0 amide bonds. The largest absolute Gasteiger partial charge is 0.495 e. The fourth-order valence-electron chi connectivity index (χ4n) is 0.909. The van der Waals surface area contributed by atoms with Gasteiger partial charge in [0.15, 0.2) is 11.6 Å². The number of benzene rings is 1.